The predicted molar refractivity (Wildman–Crippen MR) is 93.7 cm³/mol. The molecule has 0 unspecified atom stereocenters. The Morgan fingerprint density at radius 1 is 0.913 bits per heavy atom. The van der Waals surface area contributed by atoms with Crippen molar-refractivity contribution in [3.63, 3.8) is 0 Å². The van der Waals surface area contributed by atoms with Crippen molar-refractivity contribution in [2.45, 2.75) is 44.6 Å². The molecule has 1 aromatic heterocycles. The normalized spacial score (nSPS) is 15.7. The van der Waals surface area contributed by atoms with Crippen LogP contribution in [-0.4, -0.2) is 16.9 Å². The molecule has 0 radical (unpaired) electrons. The SMILES string of the molecule is O=C(Nc1ccccc1)c1ccc(NC2CCCCCC2)cn1. The third kappa shape index (κ3) is 4.55. The van der Waals surface area contributed by atoms with Gasteiger partial charge in [0.1, 0.15) is 5.69 Å². The van der Waals surface area contributed by atoms with Crippen LogP contribution in [-0.2, 0) is 0 Å². The van der Waals surface area contributed by atoms with E-state index in [2.05, 4.69) is 15.6 Å². The molecular formula is C19H23N3O. The van der Waals surface area contributed by atoms with Crippen molar-refractivity contribution in [1.82, 2.24) is 4.98 Å². The average Bonchev–Trinajstić information content (AvgIpc) is 2.85. The quantitative estimate of drug-likeness (QED) is 0.819. The van der Waals surface area contributed by atoms with Gasteiger partial charge in [-0.15, -0.1) is 0 Å². The Hall–Kier alpha value is -2.36. The van der Waals surface area contributed by atoms with Gasteiger partial charge in [0.15, 0.2) is 0 Å². The number of hydrogen-bond acceptors (Lipinski definition) is 3. The standard InChI is InChI=1S/C19H23N3O/c23-19(22-16-10-6-3-7-11-16)18-13-12-17(14-20-18)21-15-8-4-1-2-5-9-15/h3,6-7,10-15,21H,1-2,4-5,8-9H2,(H,22,23). The minimum atomic E-state index is -0.183. The number of aromatic nitrogens is 1. The number of carbonyl (C=O) groups is 1. The maximum Gasteiger partial charge on any atom is 0.274 e. The molecule has 4 nitrogen and oxygen atoms in total. The summed E-state index contributed by atoms with van der Waals surface area (Å²) in [5.41, 5.74) is 2.20. The Morgan fingerprint density at radius 2 is 1.65 bits per heavy atom. The van der Waals surface area contributed by atoms with E-state index >= 15 is 0 Å². The smallest absolute Gasteiger partial charge is 0.274 e. The van der Waals surface area contributed by atoms with Gasteiger partial charge >= 0.3 is 0 Å². The van der Waals surface area contributed by atoms with Crippen molar-refractivity contribution in [3.05, 3.63) is 54.4 Å². The van der Waals surface area contributed by atoms with Crippen LogP contribution >= 0.6 is 0 Å². The van der Waals surface area contributed by atoms with Gasteiger partial charge in [0.25, 0.3) is 5.91 Å². The van der Waals surface area contributed by atoms with Crippen LogP contribution in [0.15, 0.2) is 48.7 Å². The van der Waals surface area contributed by atoms with Crippen LogP contribution in [0.3, 0.4) is 0 Å². The summed E-state index contributed by atoms with van der Waals surface area (Å²) in [6.07, 6.45) is 9.46. The first-order valence-corrected chi connectivity index (χ1v) is 8.40. The van der Waals surface area contributed by atoms with E-state index in [1.165, 1.54) is 38.5 Å². The summed E-state index contributed by atoms with van der Waals surface area (Å²) in [7, 11) is 0. The fourth-order valence-corrected chi connectivity index (χ4v) is 2.99. The number of hydrogen-bond donors (Lipinski definition) is 2. The zero-order valence-electron chi connectivity index (χ0n) is 13.3. The highest BCUT2D eigenvalue weighted by molar-refractivity contribution is 6.02. The Bertz CT molecular complexity index is 617. The minimum absolute atomic E-state index is 0.183. The molecule has 1 fully saturated rings. The Kier molecular flexibility index (Phi) is 5.25. The molecule has 2 aromatic rings. The van der Waals surface area contributed by atoms with Crippen molar-refractivity contribution >= 4 is 17.3 Å². The third-order valence-electron chi connectivity index (χ3n) is 4.25. The molecular weight excluding hydrogens is 286 g/mol. The number of carbonyl (C=O) groups excluding carboxylic acids is 1. The largest absolute Gasteiger partial charge is 0.381 e. The molecule has 23 heavy (non-hydrogen) atoms. The average molecular weight is 309 g/mol. The van der Waals surface area contributed by atoms with Gasteiger partial charge in [-0.1, -0.05) is 43.9 Å². The van der Waals surface area contributed by atoms with E-state index in [1.54, 1.807) is 12.3 Å². The molecule has 0 spiro atoms. The number of nitrogens with zero attached hydrogens (tertiary/aromatic N) is 1. The van der Waals surface area contributed by atoms with Crippen LogP contribution in [0.5, 0.6) is 0 Å². The van der Waals surface area contributed by atoms with E-state index in [0.29, 0.717) is 11.7 Å². The van der Waals surface area contributed by atoms with E-state index in [1.807, 2.05) is 36.4 Å². The van der Waals surface area contributed by atoms with Crippen molar-refractivity contribution < 1.29 is 4.79 Å². The number of pyridine rings is 1. The second kappa shape index (κ2) is 7.77. The van der Waals surface area contributed by atoms with Gasteiger partial charge in [0.2, 0.25) is 0 Å². The van der Waals surface area contributed by atoms with Crippen LogP contribution in [0, 0.1) is 0 Å². The molecule has 1 amide bonds. The van der Waals surface area contributed by atoms with Gasteiger partial charge in [0.05, 0.1) is 11.9 Å². The van der Waals surface area contributed by atoms with Gasteiger partial charge in [0, 0.05) is 11.7 Å². The highest BCUT2D eigenvalue weighted by Crippen LogP contribution is 2.21. The Balaban J connectivity index is 1.59. The summed E-state index contributed by atoms with van der Waals surface area (Å²) in [5.74, 6) is -0.183. The second-order valence-electron chi connectivity index (χ2n) is 6.09. The maximum absolute atomic E-state index is 12.2. The fraction of sp³-hybridized carbons (Fsp3) is 0.368. The molecule has 1 aromatic carbocycles. The lowest BCUT2D eigenvalue weighted by Crippen LogP contribution is -2.19. The van der Waals surface area contributed by atoms with Gasteiger partial charge < -0.3 is 10.6 Å². The summed E-state index contributed by atoms with van der Waals surface area (Å²) in [4.78, 5) is 16.5. The van der Waals surface area contributed by atoms with Gasteiger partial charge in [-0.25, -0.2) is 4.98 Å². The zero-order chi connectivity index (χ0) is 15.9. The van der Waals surface area contributed by atoms with Crippen molar-refractivity contribution in [1.29, 1.82) is 0 Å². The summed E-state index contributed by atoms with van der Waals surface area (Å²) >= 11 is 0. The first-order valence-electron chi connectivity index (χ1n) is 8.40. The van der Waals surface area contributed by atoms with Crippen LogP contribution < -0.4 is 10.6 Å². The fourth-order valence-electron chi connectivity index (χ4n) is 2.99. The predicted octanol–water partition coefficient (Wildman–Crippen LogP) is 4.47. The molecule has 2 N–H and O–H groups in total. The molecule has 3 rings (SSSR count). The lowest BCUT2D eigenvalue weighted by molar-refractivity contribution is 0.102. The number of benzene rings is 1. The van der Waals surface area contributed by atoms with Gasteiger partial charge in [-0.05, 0) is 37.1 Å². The number of amides is 1. The van der Waals surface area contributed by atoms with E-state index < -0.39 is 0 Å². The Labute approximate surface area is 137 Å². The molecule has 0 saturated heterocycles. The van der Waals surface area contributed by atoms with Crippen LogP contribution in [0.4, 0.5) is 11.4 Å². The maximum atomic E-state index is 12.2. The first-order chi connectivity index (χ1) is 11.3. The lowest BCUT2D eigenvalue weighted by Gasteiger charge is -2.17. The number of para-hydroxylation sites is 1. The first kappa shape index (κ1) is 15.5. The number of anilines is 2. The van der Waals surface area contributed by atoms with E-state index in [4.69, 9.17) is 0 Å². The summed E-state index contributed by atoms with van der Waals surface area (Å²) in [6, 6.07) is 13.7. The van der Waals surface area contributed by atoms with Crippen LogP contribution in [0.1, 0.15) is 49.0 Å². The van der Waals surface area contributed by atoms with Crippen molar-refractivity contribution in [2.75, 3.05) is 10.6 Å². The third-order valence-corrected chi connectivity index (χ3v) is 4.25. The summed E-state index contributed by atoms with van der Waals surface area (Å²) in [5, 5.41) is 6.39. The molecule has 0 atom stereocenters. The van der Waals surface area contributed by atoms with E-state index in [-0.39, 0.29) is 5.91 Å². The Morgan fingerprint density at radius 3 is 2.30 bits per heavy atom. The van der Waals surface area contributed by atoms with Gasteiger partial charge in [-0.2, -0.15) is 0 Å². The van der Waals surface area contributed by atoms with Crippen molar-refractivity contribution in [3.8, 4) is 0 Å². The summed E-state index contributed by atoms with van der Waals surface area (Å²) < 4.78 is 0. The number of rotatable bonds is 4. The molecule has 1 aliphatic rings. The summed E-state index contributed by atoms with van der Waals surface area (Å²) in [6.45, 7) is 0. The van der Waals surface area contributed by atoms with E-state index in [9.17, 15) is 4.79 Å². The van der Waals surface area contributed by atoms with Gasteiger partial charge in [-0.3, -0.25) is 4.79 Å². The van der Waals surface area contributed by atoms with Crippen LogP contribution in [0.25, 0.3) is 0 Å². The van der Waals surface area contributed by atoms with E-state index in [0.717, 1.165) is 11.4 Å². The lowest BCUT2D eigenvalue weighted by atomic mass is 10.1. The topological polar surface area (TPSA) is 54.0 Å². The van der Waals surface area contributed by atoms with Crippen LogP contribution in [0.2, 0.25) is 0 Å². The molecule has 4 heteroatoms. The molecule has 1 saturated carbocycles. The molecule has 120 valence electrons. The van der Waals surface area contributed by atoms with Crippen molar-refractivity contribution in [2.24, 2.45) is 0 Å². The molecule has 0 aliphatic heterocycles. The number of nitrogens with one attached hydrogen (secondary N) is 2. The second-order valence-corrected chi connectivity index (χ2v) is 6.09. The highest BCUT2D eigenvalue weighted by Gasteiger charge is 2.13. The zero-order valence-corrected chi connectivity index (χ0v) is 13.3. The monoisotopic (exact) mass is 309 g/mol. The molecule has 1 aliphatic carbocycles. The highest BCUT2D eigenvalue weighted by atomic mass is 16.1. The molecule has 1 heterocycles. The molecule has 0 bridgehead atoms. The minimum Gasteiger partial charge on any atom is -0.381 e.